The van der Waals surface area contributed by atoms with Gasteiger partial charge in [-0.1, -0.05) is 18.5 Å². The first-order valence-corrected chi connectivity index (χ1v) is 6.80. The molecule has 1 aromatic rings. The third-order valence-corrected chi connectivity index (χ3v) is 3.88. The number of halogens is 1. The summed E-state index contributed by atoms with van der Waals surface area (Å²) in [6.07, 6.45) is 0.810. The maximum absolute atomic E-state index is 6.06. The number of likely N-dealkylation sites (N-methyl/N-ethyl adjacent to an activating group) is 1. The largest absolute Gasteiger partial charge is 0.353 e. The third kappa shape index (κ3) is 2.75. The fourth-order valence-corrected chi connectivity index (χ4v) is 2.40. The highest BCUT2D eigenvalue weighted by Crippen LogP contribution is 2.24. The Labute approximate surface area is 114 Å². The van der Waals surface area contributed by atoms with Gasteiger partial charge in [-0.3, -0.25) is 4.90 Å². The number of hydrogen-bond donors (Lipinski definition) is 0. The number of nitrogens with zero attached hydrogens (tertiary/aromatic N) is 4. The highest BCUT2D eigenvalue weighted by molar-refractivity contribution is 6.29. The molecule has 1 aliphatic rings. The number of rotatable bonds is 2. The molecule has 0 radical (unpaired) electrons. The van der Waals surface area contributed by atoms with Crippen LogP contribution >= 0.6 is 11.6 Å². The first kappa shape index (κ1) is 13.6. The molecule has 2 rings (SSSR count). The van der Waals surface area contributed by atoms with Crippen LogP contribution in [0.5, 0.6) is 0 Å². The quantitative estimate of drug-likeness (QED) is 0.770. The van der Waals surface area contributed by atoms with Crippen molar-refractivity contribution in [1.29, 1.82) is 0 Å². The molecule has 0 bridgehead atoms. The molecule has 0 N–H and O–H groups in total. The summed E-state index contributed by atoms with van der Waals surface area (Å²) in [7, 11) is 2.17. The van der Waals surface area contributed by atoms with Gasteiger partial charge in [0.2, 0.25) is 0 Å². The van der Waals surface area contributed by atoms with Crippen LogP contribution in [0.2, 0.25) is 5.15 Å². The molecule has 1 fully saturated rings. The molecule has 1 aromatic heterocycles. The molecule has 0 amide bonds. The summed E-state index contributed by atoms with van der Waals surface area (Å²) >= 11 is 6.06. The minimum atomic E-state index is 0.155. The summed E-state index contributed by atoms with van der Waals surface area (Å²) in [5.41, 5.74) is 0.155. The van der Waals surface area contributed by atoms with E-state index >= 15 is 0 Å². The Morgan fingerprint density at radius 2 is 2.06 bits per heavy atom. The second kappa shape index (κ2) is 5.02. The van der Waals surface area contributed by atoms with E-state index in [1.807, 2.05) is 13.0 Å². The van der Waals surface area contributed by atoms with E-state index in [-0.39, 0.29) is 5.54 Å². The number of anilines is 1. The van der Waals surface area contributed by atoms with Gasteiger partial charge in [-0.2, -0.15) is 0 Å². The molecule has 4 nitrogen and oxygen atoms in total. The molecule has 2 heterocycles. The summed E-state index contributed by atoms with van der Waals surface area (Å²) in [6, 6.07) is 1.86. The van der Waals surface area contributed by atoms with Crippen molar-refractivity contribution in [2.24, 2.45) is 0 Å². The van der Waals surface area contributed by atoms with Crippen LogP contribution in [0.15, 0.2) is 6.07 Å². The maximum Gasteiger partial charge on any atom is 0.134 e. The maximum atomic E-state index is 6.06. The Bertz CT molecular complexity index is 433. The lowest BCUT2D eigenvalue weighted by Crippen LogP contribution is -2.57. The number of piperazine rings is 1. The topological polar surface area (TPSA) is 32.3 Å². The standard InChI is InChI=1S/C13H21ClN4/c1-5-11-15-10(14)8-12(16-11)18-7-6-17(4)13(2,3)9-18/h8H,5-7,9H2,1-4H3. The Morgan fingerprint density at radius 3 is 2.67 bits per heavy atom. The summed E-state index contributed by atoms with van der Waals surface area (Å²) in [4.78, 5) is 13.5. The van der Waals surface area contributed by atoms with Gasteiger partial charge in [-0.05, 0) is 20.9 Å². The zero-order valence-electron chi connectivity index (χ0n) is 11.6. The summed E-state index contributed by atoms with van der Waals surface area (Å²) in [6.45, 7) is 9.53. The van der Waals surface area contributed by atoms with Gasteiger partial charge < -0.3 is 4.90 Å². The zero-order chi connectivity index (χ0) is 13.3. The van der Waals surface area contributed by atoms with Gasteiger partial charge in [0.25, 0.3) is 0 Å². The summed E-state index contributed by atoms with van der Waals surface area (Å²) < 4.78 is 0. The summed E-state index contributed by atoms with van der Waals surface area (Å²) in [5.74, 6) is 1.77. The van der Waals surface area contributed by atoms with Gasteiger partial charge in [-0.25, -0.2) is 9.97 Å². The van der Waals surface area contributed by atoms with Crippen molar-refractivity contribution in [3.05, 3.63) is 17.0 Å². The van der Waals surface area contributed by atoms with Crippen LogP contribution in [0.25, 0.3) is 0 Å². The smallest absolute Gasteiger partial charge is 0.134 e. The molecule has 0 unspecified atom stereocenters. The zero-order valence-corrected chi connectivity index (χ0v) is 12.3. The van der Waals surface area contributed by atoms with Crippen molar-refractivity contribution >= 4 is 17.4 Å². The van der Waals surface area contributed by atoms with Gasteiger partial charge in [0.1, 0.15) is 16.8 Å². The average Bonchev–Trinajstić information content (AvgIpc) is 2.31. The first-order chi connectivity index (χ1) is 8.42. The highest BCUT2D eigenvalue weighted by Gasteiger charge is 2.31. The fraction of sp³-hybridized carbons (Fsp3) is 0.692. The number of aromatic nitrogens is 2. The summed E-state index contributed by atoms with van der Waals surface area (Å²) in [5, 5.41) is 0.536. The van der Waals surface area contributed by atoms with E-state index in [1.165, 1.54) is 0 Å². The SMILES string of the molecule is CCc1nc(Cl)cc(N2CCN(C)C(C)(C)C2)n1. The lowest BCUT2D eigenvalue weighted by molar-refractivity contribution is 0.138. The van der Waals surface area contributed by atoms with E-state index in [0.717, 1.165) is 37.7 Å². The molecule has 0 spiro atoms. The fourth-order valence-electron chi connectivity index (χ4n) is 2.21. The molecule has 1 aliphatic heterocycles. The molecule has 1 saturated heterocycles. The number of aryl methyl sites for hydroxylation is 1. The van der Waals surface area contributed by atoms with Crippen LogP contribution in [0.4, 0.5) is 5.82 Å². The Morgan fingerprint density at radius 1 is 1.33 bits per heavy atom. The van der Waals surface area contributed by atoms with E-state index < -0.39 is 0 Å². The van der Waals surface area contributed by atoms with Gasteiger partial charge in [0, 0.05) is 37.7 Å². The monoisotopic (exact) mass is 268 g/mol. The van der Waals surface area contributed by atoms with E-state index in [2.05, 4.69) is 40.7 Å². The molecule has 18 heavy (non-hydrogen) atoms. The average molecular weight is 269 g/mol. The molecular weight excluding hydrogens is 248 g/mol. The van der Waals surface area contributed by atoms with Crippen LogP contribution in [-0.4, -0.2) is 47.1 Å². The lowest BCUT2D eigenvalue weighted by atomic mass is 10.00. The van der Waals surface area contributed by atoms with Crippen molar-refractivity contribution in [2.75, 3.05) is 31.6 Å². The van der Waals surface area contributed by atoms with Gasteiger partial charge in [-0.15, -0.1) is 0 Å². The van der Waals surface area contributed by atoms with E-state index in [4.69, 9.17) is 11.6 Å². The normalized spacial score (nSPS) is 20.2. The van der Waals surface area contributed by atoms with Gasteiger partial charge in [0.05, 0.1) is 0 Å². The molecule has 0 aromatic carbocycles. The van der Waals surface area contributed by atoms with Crippen molar-refractivity contribution in [1.82, 2.24) is 14.9 Å². The molecule has 0 aliphatic carbocycles. The second-order valence-electron chi connectivity index (χ2n) is 5.47. The van der Waals surface area contributed by atoms with Gasteiger partial charge >= 0.3 is 0 Å². The van der Waals surface area contributed by atoms with E-state index in [1.54, 1.807) is 0 Å². The minimum Gasteiger partial charge on any atom is -0.353 e. The predicted octanol–water partition coefficient (Wildman–Crippen LogP) is 2.22. The van der Waals surface area contributed by atoms with Crippen molar-refractivity contribution < 1.29 is 0 Å². The second-order valence-corrected chi connectivity index (χ2v) is 5.86. The molecule has 0 saturated carbocycles. The van der Waals surface area contributed by atoms with Crippen LogP contribution < -0.4 is 4.90 Å². The van der Waals surface area contributed by atoms with Crippen molar-refractivity contribution in [3.63, 3.8) is 0 Å². The minimum absolute atomic E-state index is 0.155. The Balaban J connectivity index is 2.24. The van der Waals surface area contributed by atoms with E-state index in [0.29, 0.717) is 5.15 Å². The lowest BCUT2D eigenvalue weighted by Gasteiger charge is -2.45. The Kier molecular flexibility index (Phi) is 3.78. The van der Waals surface area contributed by atoms with Crippen LogP contribution in [0, 0.1) is 0 Å². The van der Waals surface area contributed by atoms with Crippen LogP contribution in [0.1, 0.15) is 26.6 Å². The molecule has 100 valence electrons. The predicted molar refractivity (Wildman–Crippen MR) is 75.3 cm³/mol. The number of hydrogen-bond acceptors (Lipinski definition) is 4. The third-order valence-electron chi connectivity index (χ3n) is 3.68. The van der Waals surface area contributed by atoms with Crippen molar-refractivity contribution in [2.45, 2.75) is 32.7 Å². The van der Waals surface area contributed by atoms with E-state index in [9.17, 15) is 0 Å². The molecule has 0 atom stereocenters. The van der Waals surface area contributed by atoms with Crippen LogP contribution in [-0.2, 0) is 6.42 Å². The Hall–Kier alpha value is -0.870. The van der Waals surface area contributed by atoms with Crippen molar-refractivity contribution in [3.8, 4) is 0 Å². The molecule has 5 heteroatoms. The van der Waals surface area contributed by atoms with Gasteiger partial charge in [0.15, 0.2) is 0 Å². The first-order valence-electron chi connectivity index (χ1n) is 6.42. The molecular formula is C13H21ClN4. The van der Waals surface area contributed by atoms with Crippen LogP contribution in [0.3, 0.4) is 0 Å². The highest BCUT2D eigenvalue weighted by atomic mass is 35.5.